The lowest BCUT2D eigenvalue weighted by Gasteiger charge is -2.17. The Hall–Kier alpha value is -1.52. The highest BCUT2D eigenvalue weighted by Gasteiger charge is 2.12. The molecule has 0 aliphatic heterocycles. The standard InChI is InChI=1S/C16H15ClFNOS/c1-19(10-12-6-2-4-8-14(12)18)16(20)11-21-15-9-5-3-7-13(15)17/h2-9H,10-11H2,1H3. The van der Waals surface area contributed by atoms with Crippen LogP contribution in [0.25, 0.3) is 0 Å². The molecule has 0 aromatic heterocycles. The molecule has 0 spiro atoms. The first-order valence-corrected chi connectivity index (χ1v) is 7.79. The van der Waals surface area contributed by atoms with Gasteiger partial charge in [0.25, 0.3) is 0 Å². The van der Waals surface area contributed by atoms with E-state index >= 15 is 0 Å². The van der Waals surface area contributed by atoms with E-state index < -0.39 is 0 Å². The number of thioether (sulfide) groups is 1. The summed E-state index contributed by atoms with van der Waals surface area (Å²) in [6, 6.07) is 13.9. The predicted molar refractivity (Wildman–Crippen MR) is 85.1 cm³/mol. The maximum Gasteiger partial charge on any atom is 0.232 e. The molecule has 2 aromatic rings. The van der Waals surface area contributed by atoms with Gasteiger partial charge in [-0.05, 0) is 18.2 Å². The van der Waals surface area contributed by atoms with Crippen molar-refractivity contribution in [1.29, 1.82) is 0 Å². The van der Waals surface area contributed by atoms with Gasteiger partial charge in [-0.25, -0.2) is 4.39 Å². The molecule has 0 N–H and O–H groups in total. The molecule has 0 radical (unpaired) electrons. The summed E-state index contributed by atoms with van der Waals surface area (Å²) in [5.41, 5.74) is 0.510. The van der Waals surface area contributed by atoms with Crippen LogP contribution in [-0.2, 0) is 11.3 Å². The van der Waals surface area contributed by atoms with Crippen molar-refractivity contribution in [3.63, 3.8) is 0 Å². The highest BCUT2D eigenvalue weighted by Crippen LogP contribution is 2.26. The van der Waals surface area contributed by atoms with Gasteiger partial charge in [-0.15, -0.1) is 11.8 Å². The Morgan fingerprint density at radius 3 is 2.57 bits per heavy atom. The Morgan fingerprint density at radius 2 is 1.86 bits per heavy atom. The molecule has 0 heterocycles. The Bertz CT molecular complexity index is 635. The van der Waals surface area contributed by atoms with E-state index in [4.69, 9.17) is 11.6 Å². The lowest BCUT2D eigenvalue weighted by Crippen LogP contribution is -2.28. The summed E-state index contributed by atoms with van der Waals surface area (Å²) in [5.74, 6) is -0.0895. The predicted octanol–water partition coefficient (Wildman–Crippen LogP) is 4.23. The monoisotopic (exact) mass is 323 g/mol. The van der Waals surface area contributed by atoms with Gasteiger partial charge >= 0.3 is 0 Å². The van der Waals surface area contributed by atoms with E-state index in [0.717, 1.165) is 4.90 Å². The summed E-state index contributed by atoms with van der Waals surface area (Å²) in [7, 11) is 1.67. The van der Waals surface area contributed by atoms with E-state index in [-0.39, 0.29) is 24.0 Å². The number of carbonyl (C=O) groups excluding carboxylic acids is 1. The summed E-state index contributed by atoms with van der Waals surface area (Å²) in [4.78, 5) is 14.5. The lowest BCUT2D eigenvalue weighted by atomic mass is 10.2. The van der Waals surface area contributed by atoms with Crippen LogP contribution in [0, 0.1) is 5.82 Å². The van der Waals surface area contributed by atoms with Crippen LogP contribution in [0.1, 0.15) is 5.56 Å². The average Bonchev–Trinajstić information content (AvgIpc) is 2.48. The van der Waals surface area contributed by atoms with Crippen molar-refractivity contribution in [2.24, 2.45) is 0 Å². The third kappa shape index (κ3) is 4.48. The summed E-state index contributed by atoms with van der Waals surface area (Å²) in [6.07, 6.45) is 0. The van der Waals surface area contributed by atoms with Gasteiger partial charge in [0, 0.05) is 24.1 Å². The Balaban J connectivity index is 1.91. The number of rotatable bonds is 5. The maximum atomic E-state index is 13.6. The van der Waals surface area contributed by atoms with Crippen molar-refractivity contribution >= 4 is 29.3 Å². The summed E-state index contributed by atoms with van der Waals surface area (Å²) < 4.78 is 13.6. The zero-order valence-electron chi connectivity index (χ0n) is 11.6. The van der Waals surface area contributed by atoms with Gasteiger partial charge in [-0.3, -0.25) is 4.79 Å². The molecule has 2 nitrogen and oxygen atoms in total. The summed E-state index contributed by atoms with van der Waals surface area (Å²) in [6.45, 7) is 0.259. The first-order valence-electron chi connectivity index (χ1n) is 6.42. The third-order valence-corrected chi connectivity index (χ3v) is 4.48. The van der Waals surface area contributed by atoms with Crippen molar-refractivity contribution in [2.45, 2.75) is 11.4 Å². The van der Waals surface area contributed by atoms with Gasteiger partial charge < -0.3 is 4.90 Å². The second-order valence-corrected chi connectivity index (χ2v) is 5.98. The van der Waals surface area contributed by atoms with E-state index in [1.165, 1.54) is 22.7 Å². The van der Waals surface area contributed by atoms with Crippen LogP contribution in [0.2, 0.25) is 5.02 Å². The van der Waals surface area contributed by atoms with Crippen LogP contribution < -0.4 is 0 Å². The van der Waals surface area contributed by atoms with Crippen molar-refractivity contribution < 1.29 is 9.18 Å². The molecule has 0 atom stereocenters. The van der Waals surface area contributed by atoms with Crippen LogP contribution in [0.4, 0.5) is 4.39 Å². The molecular weight excluding hydrogens is 309 g/mol. The van der Waals surface area contributed by atoms with Gasteiger partial charge in [0.1, 0.15) is 5.82 Å². The van der Waals surface area contributed by atoms with Crippen LogP contribution in [0.5, 0.6) is 0 Å². The van der Waals surface area contributed by atoms with Crippen LogP contribution >= 0.6 is 23.4 Å². The topological polar surface area (TPSA) is 20.3 Å². The number of carbonyl (C=O) groups is 1. The minimum Gasteiger partial charge on any atom is -0.341 e. The lowest BCUT2D eigenvalue weighted by molar-refractivity contribution is -0.127. The molecule has 5 heteroatoms. The number of nitrogens with zero attached hydrogens (tertiary/aromatic N) is 1. The minimum absolute atomic E-state index is 0.0665. The molecule has 0 bridgehead atoms. The number of hydrogen-bond acceptors (Lipinski definition) is 2. The molecule has 2 rings (SSSR count). The number of hydrogen-bond donors (Lipinski definition) is 0. The maximum absolute atomic E-state index is 13.6. The second kappa shape index (κ2) is 7.48. The fourth-order valence-corrected chi connectivity index (χ4v) is 2.96. The summed E-state index contributed by atoms with van der Waals surface area (Å²) >= 11 is 7.42. The molecule has 2 aromatic carbocycles. The molecule has 0 saturated heterocycles. The second-order valence-electron chi connectivity index (χ2n) is 4.56. The number of benzene rings is 2. The Morgan fingerprint density at radius 1 is 1.19 bits per heavy atom. The number of halogens is 2. The SMILES string of the molecule is CN(Cc1ccccc1F)C(=O)CSc1ccccc1Cl. The highest BCUT2D eigenvalue weighted by molar-refractivity contribution is 8.00. The Kier molecular flexibility index (Phi) is 5.65. The van der Waals surface area contributed by atoms with Gasteiger partial charge in [0.15, 0.2) is 0 Å². The smallest absolute Gasteiger partial charge is 0.232 e. The zero-order chi connectivity index (χ0) is 15.2. The molecule has 0 aliphatic rings. The van der Waals surface area contributed by atoms with Crippen molar-refractivity contribution in [3.05, 3.63) is 64.9 Å². The zero-order valence-corrected chi connectivity index (χ0v) is 13.1. The molecule has 21 heavy (non-hydrogen) atoms. The normalized spacial score (nSPS) is 10.4. The molecular formula is C16H15ClFNOS. The van der Waals surface area contributed by atoms with Crippen LogP contribution in [0.3, 0.4) is 0 Å². The first kappa shape index (κ1) is 15.9. The van der Waals surface area contributed by atoms with Gasteiger partial charge in [0.05, 0.1) is 10.8 Å². The van der Waals surface area contributed by atoms with Gasteiger partial charge in [-0.2, -0.15) is 0 Å². The van der Waals surface area contributed by atoms with E-state index in [0.29, 0.717) is 10.6 Å². The molecule has 0 aliphatic carbocycles. The highest BCUT2D eigenvalue weighted by atomic mass is 35.5. The van der Waals surface area contributed by atoms with Crippen molar-refractivity contribution in [3.8, 4) is 0 Å². The van der Waals surface area contributed by atoms with E-state index in [2.05, 4.69) is 0 Å². The minimum atomic E-state index is -0.295. The molecule has 0 unspecified atom stereocenters. The third-order valence-electron chi connectivity index (χ3n) is 2.98. The number of amides is 1. The van der Waals surface area contributed by atoms with Gasteiger partial charge in [-0.1, -0.05) is 41.9 Å². The molecule has 110 valence electrons. The van der Waals surface area contributed by atoms with Crippen LogP contribution in [0.15, 0.2) is 53.4 Å². The largest absolute Gasteiger partial charge is 0.341 e. The summed E-state index contributed by atoms with van der Waals surface area (Å²) in [5, 5.41) is 0.632. The van der Waals surface area contributed by atoms with E-state index in [1.807, 2.05) is 18.2 Å². The fraction of sp³-hybridized carbons (Fsp3) is 0.188. The quantitative estimate of drug-likeness (QED) is 0.767. The molecule has 0 saturated carbocycles. The van der Waals surface area contributed by atoms with E-state index in [1.54, 1.807) is 31.3 Å². The molecule has 1 amide bonds. The van der Waals surface area contributed by atoms with Crippen LogP contribution in [-0.4, -0.2) is 23.6 Å². The van der Waals surface area contributed by atoms with Crippen molar-refractivity contribution in [2.75, 3.05) is 12.8 Å². The van der Waals surface area contributed by atoms with Gasteiger partial charge in [0.2, 0.25) is 5.91 Å². The van der Waals surface area contributed by atoms with Crippen molar-refractivity contribution in [1.82, 2.24) is 4.90 Å². The first-order chi connectivity index (χ1) is 10.1. The fourth-order valence-electron chi connectivity index (χ4n) is 1.78. The Labute approximate surface area is 132 Å². The molecule has 0 fully saturated rings. The van der Waals surface area contributed by atoms with E-state index in [9.17, 15) is 9.18 Å². The average molecular weight is 324 g/mol.